The van der Waals surface area contributed by atoms with Crippen LogP contribution in [0.1, 0.15) is 36.2 Å². The molecule has 1 aliphatic rings. The normalized spacial score (nSPS) is 15.2. The number of nitrogens with one attached hydrogen (secondary N) is 1. The van der Waals surface area contributed by atoms with E-state index in [1.807, 2.05) is 6.07 Å². The molecule has 8 nitrogen and oxygen atoms in total. The topological polar surface area (TPSA) is 106 Å². The number of furan rings is 1. The Labute approximate surface area is 196 Å². The van der Waals surface area contributed by atoms with E-state index in [4.69, 9.17) is 20.8 Å². The molecule has 0 bridgehead atoms. The van der Waals surface area contributed by atoms with Crippen molar-refractivity contribution in [3.63, 3.8) is 0 Å². The smallest absolute Gasteiger partial charge is 0.374 e. The molecule has 0 radical (unpaired) electrons. The molecule has 33 heavy (non-hydrogen) atoms. The molecule has 1 fully saturated rings. The second kappa shape index (κ2) is 9.94. The van der Waals surface area contributed by atoms with Gasteiger partial charge >= 0.3 is 5.97 Å². The molecule has 0 spiro atoms. The Balaban J connectivity index is 1.41. The van der Waals surface area contributed by atoms with Gasteiger partial charge < -0.3 is 14.5 Å². The lowest BCUT2D eigenvalue weighted by molar-refractivity contribution is -0.119. The monoisotopic (exact) mass is 490 g/mol. The molecular weight excluding hydrogens is 468 g/mol. The van der Waals surface area contributed by atoms with E-state index in [0.29, 0.717) is 18.7 Å². The Morgan fingerprint density at radius 2 is 1.76 bits per heavy atom. The Morgan fingerprint density at radius 1 is 1.03 bits per heavy atom. The van der Waals surface area contributed by atoms with Crippen LogP contribution in [0.3, 0.4) is 0 Å². The molecule has 1 saturated heterocycles. The Morgan fingerprint density at radius 3 is 2.48 bits per heavy atom. The number of ether oxygens (including phenoxy) is 1. The Hall–Kier alpha value is -2.88. The first-order valence-electron chi connectivity index (χ1n) is 10.6. The van der Waals surface area contributed by atoms with Crippen LogP contribution in [0, 0.1) is 0 Å². The maximum absolute atomic E-state index is 13.0. The molecule has 1 aromatic heterocycles. The van der Waals surface area contributed by atoms with Crippen molar-refractivity contribution in [1.82, 2.24) is 4.31 Å². The maximum Gasteiger partial charge on any atom is 0.374 e. The molecule has 174 valence electrons. The average molecular weight is 491 g/mol. The molecule has 1 amide bonds. The first kappa shape index (κ1) is 23.3. The fourth-order valence-electron chi connectivity index (χ4n) is 3.66. The summed E-state index contributed by atoms with van der Waals surface area (Å²) in [7, 11) is -3.71. The van der Waals surface area contributed by atoms with E-state index in [1.54, 1.807) is 18.2 Å². The van der Waals surface area contributed by atoms with Crippen LogP contribution in [0.25, 0.3) is 11.0 Å². The highest BCUT2D eigenvalue weighted by molar-refractivity contribution is 7.89. The molecule has 1 aliphatic heterocycles. The summed E-state index contributed by atoms with van der Waals surface area (Å²) in [6.07, 6.45) is 3.63. The van der Waals surface area contributed by atoms with Gasteiger partial charge in [-0.1, -0.05) is 42.6 Å². The Kier molecular flexibility index (Phi) is 7.02. The van der Waals surface area contributed by atoms with Gasteiger partial charge in [0.2, 0.25) is 15.8 Å². The van der Waals surface area contributed by atoms with Crippen LogP contribution in [0.4, 0.5) is 5.69 Å². The van der Waals surface area contributed by atoms with Crippen molar-refractivity contribution < 1.29 is 27.2 Å². The van der Waals surface area contributed by atoms with Crippen molar-refractivity contribution in [1.29, 1.82) is 0 Å². The summed E-state index contributed by atoms with van der Waals surface area (Å²) in [6.45, 7) is 0.337. The molecule has 0 aliphatic carbocycles. The zero-order chi connectivity index (χ0) is 23.4. The Bertz CT molecular complexity index is 1250. The predicted molar refractivity (Wildman–Crippen MR) is 124 cm³/mol. The molecule has 0 atom stereocenters. The minimum Gasteiger partial charge on any atom is -0.450 e. The lowest BCUT2D eigenvalue weighted by Crippen LogP contribution is -2.32. The highest BCUT2D eigenvalue weighted by atomic mass is 35.5. The lowest BCUT2D eigenvalue weighted by atomic mass is 10.2. The zero-order valence-electron chi connectivity index (χ0n) is 17.8. The number of sulfonamides is 1. The second-order valence-corrected chi connectivity index (χ2v) is 10.1. The number of carbonyl (C=O) groups is 2. The van der Waals surface area contributed by atoms with Gasteiger partial charge in [-0.3, -0.25) is 4.79 Å². The molecule has 2 aromatic carbocycles. The van der Waals surface area contributed by atoms with Gasteiger partial charge in [0, 0.05) is 18.5 Å². The largest absolute Gasteiger partial charge is 0.450 e. The third-order valence-corrected chi connectivity index (χ3v) is 7.60. The van der Waals surface area contributed by atoms with Crippen molar-refractivity contribution in [3.8, 4) is 0 Å². The summed E-state index contributed by atoms with van der Waals surface area (Å²) < 4.78 is 38.0. The average Bonchev–Trinajstić information content (AvgIpc) is 3.04. The zero-order valence-corrected chi connectivity index (χ0v) is 19.3. The molecule has 10 heteroatoms. The summed E-state index contributed by atoms with van der Waals surface area (Å²) >= 11 is 6.16. The number of halogens is 1. The quantitative estimate of drug-likeness (QED) is 0.512. The van der Waals surface area contributed by atoms with Crippen LogP contribution in [0.2, 0.25) is 5.02 Å². The molecule has 4 rings (SSSR count). The third kappa shape index (κ3) is 5.38. The minimum absolute atomic E-state index is 0.0208. The number of amides is 1. The van der Waals surface area contributed by atoms with Gasteiger partial charge in [-0.25, -0.2) is 13.2 Å². The van der Waals surface area contributed by atoms with E-state index < -0.39 is 28.5 Å². The van der Waals surface area contributed by atoms with Crippen LogP contribution in [0.15, 0.2) is 57.8 Å². The molecule has 0 saturated carbocycles. The summed E-state index contributed by atoms with van der Waals surface area (Å²) in [6, 6.07) is 12.8. The maximum atomic E-state index is 13.0. The van der Waals surface area contributed by atoms with E-state index in [1.165, 1.54) is 28.6 Å². The number of fused-ring (bicyclic) bond motifs is 1. The van der Waals surface area contributed by atoms with Crippen LogP contribution < -0.4 is 5.32 Å². The van der Waals surface area contributed by atoms with Gasteiger partial charge in [0.25, 0.3) is 5.91 Å². The lowest BCUT2D eigenvalue weighted by Gasteiger charge is -2.20. The van der Waals surface area contributed by atoms with Gasteiger partial charge in [0.05, 0.1) is 15.6 Å². The number of anilines is 1. The first-order valence-corrected chi connectivity index (χ1v) is 12.4. The van der Waals surface area contributed by atoms with Gasteiger partial charge in [0.1, 0.15) is 5.58 Å². The van der Waals surface area contributed by atoms with E-state index in [-0.39, 0.29) is 21.4 Å². The number of hydrogen-bond acceptors (Lipinski definition) is 6. The number of rotatable bonds is 6. The highest BCUT2D eigenvalue weighted by Gasteiger charge is 2.26. The number of nitrogens with zero attached hydrogens (tertiary/aromatic N) is 1. The van der Waals surface area contributed by atoms with Crippen LogP contribution >= 0.6 is 11.6 Å². The van der Waals surface area contributed by atoms with Crippen molar-refractivity contribution >= 4 is 50.2 Å². The number of hydrogen-bond donors (Lipinski definition) is 1. The number of para-hydroxylation sites is 1. The number of benzene rings is 2. The predicted octanol–water partition coefficient (Wildman–Crippen LogP) is 4.45. The summed E-state index contributed by atoms with van der Waals surface area (Å²) in [5.41, 5.74) is 0.653. The van der Waals surface area contributed by atoms with Gasteiger partial charge in [-0.05, 0) is 43.2 Å². The van der Waals surface area contributed by atoms with E-state index in [9.17, 15) is 18.0 Å². The van der Waals surface area contributed by atoms with Gasteiger partial charge in [0.15, 0.2) is 6.61 Å². The molecule has 0 unspecified atom stereocenters. The molecule has 2 heterocycles. The minimum atomic E-state index is -3.71. The van der Waals surface area contributed by atoms with E-state index >= 15 is 0 Å². The van der Waals surface area contributed by atoms with Gasteiger partial charge in [-0.15, -0.1) is 0 Å². The van der Waals surface area contributed by atoms with E-state index in [0.717, 1.165) is 31.1 Å². The SMILES string of the molecule is O=C(COC(=O)c1cc2ccccc2o1)Nc1cc(S(=O)(=O)N2CCCCCC2)ccc1Cl. The third-order valence-electron chi connectivity index (χ3n) is 5.38. The summed E-state index contributed by atoms with van der Waals surface area (Å²) in [4.78, 5) is 24.6. The fraction of sp³-hybridized carbons (Fsp3) is 0.304. The van der Waals surface area contributed by atoms with Crippen LogP contribution in [-0.4, -0.2) is 44.3 Å². The molecule has 1 N–H and O–H groups in total. The number of carbonyl (C=O) groups excluding carboxylic acids is 2. The summed E-state index contributed by atoms with van der Waals surface area (Å²) in [5, 5.41) is 3.42. The standard InChI is InChI=1S/C23H23ClN2O6S/c24-18-10-9-17(33(29,30)26-11-5-1-2-6-12-26)14-19(18)25-22(27)15-31-23(28)21-13-16-7-3-4-8-20(16)32-21/h3-4,7-10,13-14H,1-2,5-6,11-12,15H2,(H,25,27). The molecular formula is C23H23ClN2O6S. The van der Waals surface area contributed by atoms with Crippen molar-refractivity contribution in [2.75, 3.05) is 25.0 Å². The van der Waals surface area contributed by atoms with Crippen molar-refractivity contribution in [2.24, 2.45) is 0 Å². The van der Waals surface area contributed by atoms with E-state index in [2.05, 4.69) is 5.32 Å². The first-order chi connectivity index (χ1) is 15.8. The molecule has 3 aromatic rings. The number of esters is 1. The van der Waals surface area contributed by atoms with Crippen LogP contribution in [0.5, 0.6) is 0 Å². The van der Waals surface area contributed by atoms with Crippen LogP contribution in [-0.2, 0) is 19.6 Å². The highest BCUT2D eigenvalue weighted by Crippen LogP contribution is 2.28. The van der Waals surface area contributed by atoms with Crippen molar-refractivity contribution in [3.05, 3.63) is 59.3 Å². The van der Waals surface area contributed by atoms with Crippen molar-refractivity contribution in [2.45, 2.75) is 30.6 Å². The summed E-state index contributed by atoms with van der Waals surface area (Å²) in [5.74, 6) is -1.47. The second-order valence-electron chi connectivity index (χ2n) is 7.73. The fourth-order valence-corrected chi connectivity index (χ4v) is 5.37. The van der Waals surface area contributed by atoms with Gasteiger partial charge in [-0.2, -0.15) is 4.31 Å².